The molecule has 1 atom stereocenters. The van der Waals surface area contributed by atoms with Crippen molar-refractivity contribution in [3.63, 3.8) is 0 Å². The average Bonchev–Trinajstić information content (AvgIpc) is 3.42. The third kappa shape index (κ3) is 5.96. The van der Waals surface area contributed by atoms with E-state index in [1.54, 1.807) is 24.7 Å². The first-order valence-electron chi connectivity index (χ1n) is 10.7. The Bertz CT molecular complexity index is 980. The van der Waals surface area contributed by atoms with Crippen LogP contribution in [-0.4, -0.2) is 60.7 Å². The molecule has 0 aliphatic carbocycles. The van der Waals surface area contributed by atoms with Crippen molar-refractivity contribution in [2.75, 3.05) is 18.9 Å². The molecule has 0 bridgehead atoms. The van der Waals surface area contributed by atoms with Crippen LogP contribution in [0.15, 0.2) is 52.5 Å². The number of amides is 1. The molecule has 4 rings (SSSR count). The summed E-state index contributed by atoms with van der Waals surface area (Å²) in [6.07, 6.45) is 7.94. The number of likely N-dealkylation sites (tertiary alicyclic amines) is 1. The molecule has 1 N–H and O–H groups in total. The molecule has 10 heteroatoms. The lowest BCUT2D eigenvalue weighted by Gasteiger charge is -2.20. The van der Waals surface area contributed by atoms with Gasteiger partial charge in [-0.15, -0.1) is 10.2 Å². The van der Waals surface area contributed by atoms with Gasteiger partial charge in [-0.25, -0.2) is 0 Å². The molecule has 170 valence electrons. The number of nitrogens with zero attached hydrogens (tertiary/aromatic N) is 5. The highest BCUT2D eigenvalue weighted by atomic mass is 32.2. The second-order valence-electron chi connectivity index (χ2n) is 7.63. The van der Waals surface area contributed by atoms with E-state index in [1.165, 1.54) is 11.8 Å². The quantitative estimate of drug-likeness (QED) is 0.463. The molecule has 1 aliphatic heterocycles. The first kappa shape index (κ1) is 22.5. The van der Waals surface area contributed by atoms with Crippen molar-refractivity contribution in [1.82, 2.24) is 24.6 Å². The summed E-state index contributed by atoms with van der Waals surface area (Å²) in [7, 11) is 0. The van der Waals surface area contributed by atoms with Gasteiger partial charge in [-0.05, 0) is 37.1 Å². The lowest BCUT2D eigenvalue weighted by atomic mass is 10.2. The Kier molecular flexibility index (Phi) is 7.92. The zero-order valence-corrected chi connectivity index (χ0v) is 18.6. The third-order valence-electron chi connectivity index (χ3n) is 5.15. The number of aliphatic hydroxyl groups excluding tert-OH is 1. The van der Waals surface area contributed by atoms with E-state index < -0.39 is 6.10 Å². The number of hydrogen-bond acceptors (Lipinski definition) is 8. The van der Waals surface area contributed by atoms with E-state index in [4.69, 9.17) is 9.15 Å². The first-order chi connectivity index (χ1) is 15.7. The van der Waals surface area contributed by atoms with E-state index in [-0.39, 0.29) is 12.5 Å². The van der Waals surface area contributed by atoms with Crippen molar-refractivity contribution in [1.29, 1.82) is 0 Å². The van der Waals surface area contributed by atoms with Gasteiger partial charge < -0.3 is 19.2 Å². The van der Waals surface area contributed by atoms with E-state index in [9.17, 15) is 9.90 Å². The van der Waals surface area contributed by atoms with Crippen molar-refractivity contribution in [3.05, 3.63) is 54.5 Å². The molecule has 4 heterocycles. The number of thioether (sulfide) groups is 1. The SMILES string of the molecule is O=C1CCCCCN1Cc1nnc(SCC(O)COCc2ccco2)n1-c1cccnc1. The molecular formula is C22H27N5O4S. The van der Waals surface area contributed by atoms with Crippen LogP contribution in [0.2, 0.25) is 0 Å². The Hall–Kier alpha value is -2.69. The maximum atomic E-state index is 12.5. The number of furan rings is 1. The molecule has 32 heavy (non-hydrogen) atoms. The third-order valence-corrected chi connectivity index (χ3v) is 6.22. The van der Waals surface area contributed by atoms with Gasteiger partial charge in [0.05, 0.1) is 37.4 Å². The van der Waals surface area contributed by atoms with Crippen LogP contribution in [0.4, 0.5) is 0 Å². The fraction of sp³-hybridized carbons (Fsp3) is 0.455. The van der Waals surface area contributed by atoms with Crippen LogP contribution in [0.3, 0.4) is 0 Å². The van der Waals surface area contributed by atoms with E-state index in [2.05, 4.69) is 15.2 Å². The maximum Gasteiger partial charge on any atom is 0.222 e. The molecule has 0 radical (unpaired) electrons. The topological polar surface area (TPSA) is 107 Å². The van der Waals surface area contributed by atoms with E-state index in [1.807, 2.05) is 27.7 Å². The van der Waals surface area contributed by atoms with Crippen molar-refractivity contribution in [2.45, 2.75) is 50.1 Å². The predicted octanol–water partition coefficient (Wildman–Crippen LogP) is 2.83. The number of aromatic nitrogens is 4. The fourth-order valence-corrected chi connectivity index (χ4v) is 4.40. The van der Waals surface area contributed by atoms with Crippen molar-refractivity contribution in [2.24, 2.45) is 0 Å². The predicted molar refractivity (Wildman–Crippen MR) is 118 cm³/mol. The monoisotopic (exact) mass is 457 g/mol. The molecule has 1 saturated heterocycles. The van der Waals surface area contributed by atoms with Crippen molar-refractivity contribution in [3.8, 4) is 5.69 Å². The first-order valence-corrected chi connectivity index (χ1v) is 11.7. The molecule has 1 unspecified atom stereocenters. The highest BCUT2D eigenvalue weighted by Gasteiger charge is 2.22. The minimum absolute atomic E-state index is 0.154. The summed E-state index contributed by atoms with van der Waals surface area (Å²) in [5, 5.41) is 19.7. The summed E-state index contributed by atoms with van der Waals surface area (Å²) in [5.74, 6) is 1.94. The second kappa shape index (κ2) is 11.3. The number of carbonyl (C=O) groups is 1. The Labute approximate surface area is 190 Å². The zero-order chi connectivity index (χ0) is 22.2. The fourth-order valence-electron chi connectivity index (χ4n) is 3.53. The molecule has 3 aromatic heterocycles. The Morgan fingerprint density at radius 1 is 1.22 bits per heavy atom. The maximum absolute atomic E-state index is 12.5. The molecule has 3 aromatic rings. The summed E-state index contributed by atoms with van der Waals surface area (Å²) in [4.78, 5) is 18.5. The molecule has 1 aliphatic rings. The van der Waals surface area contributed by atoms with Crippen LogP contribution in [-0.2, 0) is 22.7 Å². The molecule has 1 amide bonds. The Morgan fingerprint density at radius 3 is 2.97 bits per heavy atom. The van der Waals surface area contributed by atoms with Crippen LogP contribution in [0, 0.1) is 0 Å². The van der Waals surface area contributed by atoms with Crippen LogP contribution < -0.4 is 0 Å². The Balaban J connectivity index is 1.42. The molecule has 9 nitrogen and oxygen atoms in total. The molecule has 0 spiro atoms. The van der Waals surface area contributed by atoms with Crippen molar-refractivity contribution < 1.29 is 19.1 Å². The average molecular weight is 458 g/mol. The van der Waals surface area contributed by atoms with Gasteiger partial charge in [-0.1, -0.05) is 18.2 Å². The minimum Gasteiger partial charge on any atom is -0.467 e. The zero-order valence-electron chi connectivity index (χ0n) is 17.8. The van der Waals surface area contributed by atoms with Gasteiger partial charge in [0.25, 0.3) is 0 Å². The van der Waals surface area contributed by atoms with E-state index in [0.717, 1.165) is 31.5 Å². The lowest BCUT2D eigenvalue weighted by Crippen LogP contribution is -2.31. The number of ether oxygens (including phenoxy) is 1. The van der Waals surface area contributed by atoms with Gasteiger partial charge in [0.2, 0.25) is 5.91 Å². The van der Waals surface area contributed by atoms with Crippen LogP contribution in [0.25, 0.3) is 5.69 Å². The second-order valence-corrected chi connectivity index (χ2v) is 8.62. The normalized spacial score (nSPS) is 15.7. The van der Waals surface area contributed by atoms with Gasteiger partial charge in [0, 0.05) is 24.9 Å². The highest BCUT2D eigenvalue weighted by molar-refractivity contribution is 7.99. The minimum atomic E-state index is -0.676. The number of aliphatic hydroxyl groups is 1. The molecular weight excluding hydrogens is 430 g/mol. The van der Waals surface area contributed by atoms with Gasteiger partial charge in [-0.3, -0.25) is 14.3 Å². The Morgan fingerprint density at radius 2 is 2.16 bits per heavy atom. The number of carbonyl (C=O) groups excluding carboxylic acids is 1. The van der Waals surface area contributed by atoms with Crippen LogP contribution in [0.1, 0.15) is 37.3 Å². The number of rotatable bonds is 10. The lowest BCUT2D eigenvalue weighted by molar-refractivity contribution is -0.131. The summed E-state index contributed by atoms with van der Waals surface area (Å²) in [6.45, 7) is 1.63. The number of hydrogen-bond donors (Lipinski definition) is 1. The summed E-state index contributed by atoms with van der Waals surface area (Å²) in [5.41, 5.74) is 0.820. The highest BCUT2D eigenvalue weighted by Crippen LogP contribution is 2.24. The summed E-state index contributed by atoms with van der Waals surface area (Å²) >= 11 is 1.39. The number of pyridine rings is 1. The van der Waals surface area contributed by atoms with Crippen LogP contribution in [0.5, 0.6) is 0 Å². The molecule has 0 aromatic carbocycles. The van der Waals surface area contributed by atoms with E-state index in [0.29, 0.717) is 42.1 Å². The summed E-state index contributed by atoms with van der Waals surface area (Å²) < 4.78 is 12.6. The van der Waals surface area contributed by atoms with Gasteiger partial charge >= 0.3 is 0 Å². The van der Waals surface area contributed by atoms with E-state index >= 15 is 0 Å². The standard InChI is InChI=1S/C22H27N5O4S/c28-18(14-30-15-19-7-5-11-31-19)16-32-22-25-24-20(27(22)17-6-4-9-23-12-17)13-26-10-3-1-2-8-21(26)29/h4-7,9,11-12,18,28H,1-3,8,10,13-16H2. The van der Waals surface area contributed by atoms with Crippen LogP contribution >= 0.6 is 11.8 Å². The van der Waals surface area contributed by atoms with Crippen molar-refractivity contribution >= 4 is 17.7 Å². The van der Waals surface area contributed by atoms with Gasteiger partial charge in [0.1, 0.15) is 12.4 Å². The van der Waals surface area contributed by atoms with Gasteiger partial charge in [-0.2, -0.15) is 0 Å². The van der Waals surface area contributed by atoms with Gasteiger partial charge in [0.15, 0.2) is 11.0 Å². The molecule has 1 fully saturated rings. The smallest absolute Gasteiger partial charge is 0.222 e. The molecule has 0 saturated carbocycles. The largest absolute Gasteiger partial charge is 0.467 e. The summed E-state index contributed by atoms with van der Waals surface area (Å²) in [6, 6.07) is 7.40.